The van der Waals surface area contributed by atoms with E-state index in [9.17, 15) is 4.79 Å². The van der Waals surface area contributed by atoms with E-state index >= 15 is 0 Å². The van der Waals surface area contributed by atoms with E-state index in [1.165, 1.54) is 21.3 Å². The van der Waals surface area contributed by atoms with Crippen LogP contribution in [0.4, 0.5) is 0 Å². The maximum Gasteiger partial charge on any atom is 0.251 e. The molecule has 1 aliphatic rings. The van der Waals surface area contributed by atoms with Crippen LogP contribution in [0.5, 0.6) is 17.2 Å². The van der Waals surface area contributed by atoms with Gasteiger partial charge in [-0.15, -0.1) is 0 Å². The summed E-state index contributed by atoms with van der Waals surface area (Å²) in [6, 6.07) is 11.0. The Kier molecular flexibility index (Phi) is 7.79. The van der Waals surface area contributed by atoms with Gasteiger partial charge < -0.3 is 24.3 Å². The zero-order valence-corrected chi connectivity index (χ0v) is 18.2. The third kappa shape index (κ3) is 5.16. The van der Waals surface area contributed by atoms with Gasteiger partial charge in [0, 0.05) is 30.2 Å². The van der Waals surface area contributed by atoms with Crippen molar-refractivity contribution in [1.29, 1.82) is 0 Å². The summed E-state index contributed by atoms with van der Waals surface area (Å²) < 4.78 is 21.5. The number of methoxy groups -OCH3 is 3. The summed E-state index contributed by atoms with van der Waals surface area (Å²) in [6.45, 7) is 3.38. The van der Waals surface area contributed by atoms with Gasteiger partial charge in [0.25, 0.3) is 5.91 Å². The van der Waals surface area contributed by atoms with Crippen LogP contribution in [0.3, 0.4) is 0 Å². The molecule has 30 heavy (non-hydrogen) atoms. The van der Waals surface area contributed by atoms with Gasteiger partial charge in [-0.25, -0.2) is 0 Å². The minimum Gasteiger partial charge on any atom is -0.493 e. The number of nitrogens with one attached hydrogen (secondary N) is 1. The molecule has 2 aromatic rings. The van der Waals surface area contributed by atoms with Gasteiger partial charge in [0.15, 0.2) is 11.5 Å². The van der Waals surface area contributed by atoms with E-state index in [2.05, 4.69) is 10.2 Å². The standard InChI is InChI=1S/C22H27ClN2O5/c1-27-19-12-16(13-20(28-2)21(19)29-3)22(26)24-14-18(25-8-10-30-11-9-25)15-4-6-17(23)7-5-15/h4-7,12-13,18H,8-11,14H2,1-3H3,(H,24,26). The fraction of sp³-hybridized carbons (Fsp3) is 0.409. The van der Waals surface area contributed by atoms with Crippen molar-refractivity contribution in [2.45, 2.75) is 6.04 Å². The average molecular weight is 435 g/mol. The molecule has 0 aliphatic carbocycles. The van der Waals surface area contributed by atoms with Crippen LogP contribution < -0.4 is 19.5 Å². The van der Waals surface area contributed by atoms with Gasteiger partial charge in [0.2, 0.25) is 5.75 Å². The molecule has 1 heterocycles. The zero-order chi connectivity index (χ0) is 21.5. The van der Waals surface area contributed by atoms with Crippen molar-refractivity contribution in [3.05, 3.63) is 52.5 Å². The summed E-state index contributed by atoms with van der Waals surface area (Å²) in [6.07, 6.45) is 0. The van der Waals surface area contributed by atoms with Crippen molar-refractivity contribution in [2.24, 2.45) is 0 Å². The van der Waals surface area contributed by atoms with Crippen LogP contribution in [0.2, 0.25) is 5.02 Å². The number of amides is 1. The molecule has 162 valence electrons. The molecule has 1 fully saturated rings. The lowest BCUT2D eigenvalue weighted by Crippen LogP contribution is -2.43. The summed E-state index contributed by atoms with van der Waals surface area (Å²) in [4.78, 5) is 15.2. The van der Waals surface area contributed by atoms with E-state index in [1.807, 2.05) is 24.3 Å². The first-order valence-electron chi connectivity index (χ1n) is 9.72. The first kappa shape index (κ1) is 22.2. The lowest BCUT2D eigenvalue weighted by molar-refractivity contribution is 0.0162. The lowest BCUT2D eigenvalue weighted by atomic mass is 10.0. The normalized spacial score (nSPS) is 15.3. The van der Waals surface area contributed by atoms with Gasteiger partial charge >= 0.3 is 0 Å². The number of benzene rings is 2. The predicted molar refractivity (Wildman–Crippen MR) is 115 cm³/mol. The van der Waals surface area contributed by atoms with Gasteiger partial charge in [-0.3, -0.25) is 9.69 Å². The highest BCUT2D eigenvalue weighted by atomic mass is 35.5. The molecule has 0 saturated carbocycles. The minimum absolute atomic E-state index is 0.0113. The molecule has 8 heteroatoms. The van der Waals surface area contributed by atoms with Gasteiger partial charge in [-0.05, 0) is 29.8 Å². The van der Waals surface area contributed by atoms with Crippen molar-refractivity contribution in [2.75, 3.05) is 54.2 Å². The minimum atomic E-state index is -0.221. The second-order valence-corrected chi connectivity index (χ2v) is 7.28. The van der Waals surface area contributed by atoms with E-state index in [-0.39, 0.29) is 11.9 Å². The third-order valence-electron chi connectivity index (χ3n) is 5.12. The molecule has 7 nitrogen and oxygen atoms in total. The van der Waals surface area contributed by atoms with Crippen molar-refractivity contribution >= 4 is 17.5 Å². The molecule has 1 N–H and O–H groups in total. The largest absolute Gasteiger partial charge is 0.493 e. The highest BCUT2D eigenvalue weighted by Gasteiger charge is 2.24. The Morgan fingerprint density at radius 2 is 1.67 bits per heavy atom. The Morgan fingerprint density at radius 1 is 1.07 bits per heavy atom. The summed E-state index contributed by atoms with van der Waals surface area (Å²) in [5, 5.41) is 3.72. The second-order valence-electron chi connectivity index (χ2n) is 6.84. The van der Waals surface area contributed by atoms with E-state index in [4.69, 9.17) is 30.5 Å². The molecule has 0 spiro atoms. The number of hydrogen-bond acceptors (Lipinski definition) is 6. The number of carbonyl (C=O) groups excluding carboxylic acids is 1. The fourth-order valence-corrected chi connectivity index (χ4v) is 3.66. The molecule has 0 radical (unpaired) electrons. The van der Waals surface area contributed by atoms with E-state index in [1.54, 1.807) is 12.1 Å². The predicted octanol–water partition coefficient (Wildman–Crippen LogP) is 3.17. The number of ether oxygens (including phenoxy) is 4. The van der Waals surface area contributed by atoms with Crippen LogP contribution in [0.25, 0.3) is 0 Å². The fourth-order valence-electron chi connectivity index (χ4n) is 3.54. The second kappa shape index (κ2) is 10.5. The van der Waals surface area contributed by atoms with Crippen LogP contribution in [0, 0.1) is 0 Å². The Balaban J connectivity index is 1.79. The van der Waals surface area contributed by atoms with Crippen molar-refractivity contribution in [3.63, 3.8) is 0 Å². The van der Waals surface area contributed by atoms with E-state index < -0.39 is 0 Å². The number of nitrogens with zero attached hydrogens (tertiary/aromatic N) is 1. The molecule has 0 bridgehead atoms. The zero-order valence-electron chi connectivity index (χ0n) is 17.4. The number of halogens is 1. The van der Waals surface area contributed by atoms with Crippen LogP contribution in [-0.2, 0) is 4.74 Å². The SMILES string of the molecule is COc1cc(C(=O)NCC(c2ccc(Cl)cc2)N2CCOCC2)cc(OC)c1OC. The number of rotatable bonds is 8. The molecule has 3 rings (SSSR count). The maximum absolute atomic E-state index is 12.9. The van der Waals surface area contributed by atoms with Crippen LogP contribution in [-0.4, -0.2) is 65.0 Å². The molecule has 0 aromatic heterocycles. The number of carbonyl (C=O) groups is 1. The third-order valence-corrected chi connectivity index (χ3v) is 5.38. The highest BCUT2D eigenvalue weighted by Crippen LogP contribution is 2.38. The smallest absolute Gasteiger partial charge is 0.251 e. The van der Waals surface area contributed by atoms with Gasteiger partial charge in [0.05, 0.1) is 40.6 Å². The Morgan fingerprint density at radius 3 is 2.20 bits per heavy atom. The molecular weight excluding hydrogens is 408 g/mol. The highest BCUT2D eigenvalue weighted by molar-refractivity contribution is 6.30. The summed E-state index contributed by atoms with van der Waals surface area (Å²) in [5.74, 6) is 1.10. The Bertz CT molecular complexity index is 828. The van der Waals surface area contributed by atoms with Crippen LogP contribution in [0.15, 0.2) is 36.4 Å². The number of hydrogen-bond donors (Lipinski definition) is 1. The quantitative estimate of drug-likeness (QED) is 0.688. The summed E-state index contributed by atoms with van der Waals surface area (Å²) in [5.41, 5.74) is 1.52. The number of morpholine rings is 1. The van der Waals surface area contributed by atoms with Gasteiger partial charge in [-0.2, -0.15) is 0 Å². The molecule has 1 atom stereocenters. The average Bonchev–Trinajstić information content (AvgIpc) is 2.79. The Hall–Kier alpha value is -2.48. The topological polar surface area (TPSA) is 69.3 Å². The first-order chi connectivity index (χ1) is 14.6. The van der Waals surface area contributed by atoms with Crippen molar-refractivity contribution < 1.29 is 23.7 Å². The van der Waals surface area contributed by atoms with E-state index in [0.717, 1.165) is 18.7 Å². The monoisotopic (exact) mass is 434 g/mol. The molecule has 1 aliphatic heterocycles. The molecular formula is C22H27ClN2O5. The van der Waals surface area contributed by atoms with Crippen molar-refractivity contribution in [3.8, 4) is 17.2 Å². The summed E-state index contributed by atoms with van der Waals surface area (Å²) in [7, 11) is 4.57. The molecule has 1 unspecified atom stereocenters. The maximum atomic E-state index is 12.9. The summed E-state index contributed by atoms with van der Waals surface area (Å²) >= 11 is 6.05. The molecule has 2 aromatic carbocycles. The Labute approximate surface area is 181 Å². The van der Waals surface area contributed by atoms with E-state index in [0.29, 0.717) is 47.6 Å². The first-order valence-corrected chi connectivity index (χ1v) is 10.1. The van der Waals surface area contributed by atoms with Crippen LogP contribution in [0.1, 0.15) is 22.0 Å². The van der Waals surface area contributed by atoms with Crippen LogP contribution >= 0.6 is 11.6 Å². The van der Waals surface area contributed by atoms with Gasteiger partial charge in [-0.1, -0.05) is 23.7 Å². The van der Waals surface area contributed by atoms with Crippen molar-refractivity contribution in [1.82, 2.24) is 10.2 Å². The lowest BCUT2D eigenvalue weighted by Gasteiger charge is -2.35. The molecule has 1 amide bonds. The van der Waals surface area contributed by atoms with Gasteiger partial charge in [0.1, 0.15) is 0 Å². The molecule has 1 saturated heterocycles.